The molecule has 0 spiro atoms. The van der Waals surface area contributed by atoms with Crippen molar-refractivity contribution in [1.82, 2.24) is 10.3 Å². The van der Waals surface area contributed by atoms with Crippen LogP contribution in [0, 0.1) is 6.92 Å². The lowest BCUT2D eigenvalue weighted by Gasteiger charge is -2.29. The number of hydrogen-bond acceptors (Lipinski definition) is 3. The fourth-order valence-corrected chi connectivity index (χ4v) is 2.48. The Balaban J connectivity index is 2.15. The van der Waals surface area contributed by atoms with Gasteiger partial charge in [0.05, 0.1) is 18.3 Å². The second-order valence-electron chi connectivity index (χ2n) is 5.33. The van der Waals surface area contributed by atoms with E-state index in [4.69, 9.17) is 16.3 Å². The number of pyridine rings is 1. The molecule has 21 heavy (non-hydrogen) atoms. The van der Waals surface area contributed by atoms with Gasteiger partial charge >= 0.3 is 0 Å². The highest BCUT2D eigenvalue weighted by molar-refractivity contribution is 6.18. The molecule has 0 bridgehead atoms. The first-order valence-corrected chi connectivity index (χ1v) is 7.49. The summed E-state index contributed by atoms with van der Waals surface area (Å²) < 4.78 is 5.28. The molecule has 1 N–H and O–H groups in total. The lowest BCUT2D eigenvalue weighted by atomic mass is 9.94. The molecule has 0 aliphatic carbocycles. The summed E-state index contributed by atoms with van der Waals surface area (Å²) >= 11 is 6.19. The van der Waals surface area contributed by atoms with Crippen molar-refractivity contribution in [3.63, 3.8) is 0 Å². The molecule has 1 heterocycles. The van der Waals surface area contributed by atoms with Crippen LogP contribution in [0.1, 0.15) is 23.9 Å². The van der Waals surface area contributed by atoms with Crippen molar-refractivity contribution in [3.8, 4) is 5.75 Å². The fraction of sp³-hybridized carbons (Fsp3) is 0.353. The van der Waals surface area contributed by atoms with Gasteiger partial charge in [0.2, 0.25) is 0 Å². The predicted octanol–water partition coefficient (Wildman–Crippen LogP) is 3.64. The Morgan fingerprint density at radius 2 is 1.95 bits per heavy atom. The number of rotatable bonds is 6. The highest BCUT2D eigenvalue weighted by Crippen LogP contribution is 2.23. The number of aryl methyl sites for hydroxylation is 1. The van der Waals surface area contributed by atoms with Crippen LogP contribution in [0.4, 0.5) is 0 Å². The Hall–Kier alpha value is -1.58. The SMILES string of the molecule is COc1cc(C)nc(CNC(C)(CCl)c2ccccc2)c1. The summed E-state index contributed by atoms with van der Waals surface area (Å²) in [6, 6.07) is 14.1. The molecule has 0 saturated heterocycles. The zero-order chi connectivity index (χ0) is 15.3. The molecule has 1 aromatic heterocycles. The lowest BCUT2D eigenvalue weighted by molar-refractivity contribution is 0.397. The third-order valence-electron chi connectivity index (χ3n) is 3.55. The largest absolute Gasteiger partial charge is 0.497 e. The van der Waals surface area contributed by atoms with Crippen LogP contribution in [0.3, 0.4) is 0 Å². The van der Waals surface area contributed by atoms with Gasteiger partial charge in [0.1, 0.15) is 5.75 Å². The van der Waals surface area contributed by atoms with E-state index in [1.54, 1.807) is 7.11 Å². The molecule has 1 unspecified atom stereocenters. The van der Waals surface area contributed by atoms with E-state index in [0.29, 0.717) is 12.4 Å². The molecule has 0 saturated carbocycles. The van der Waals surface area contributed by atoms with E-state index in [2.05, 4.69) is 29.4 Å². The molecule has 0 fully saturated rings. The summed E-state index contributed by atoms with van der Waals surface area (Å²) in [5, 5.41) is 3.51. The van der Waals surface area contributed by atoms with Crippen molar-refractivity contribution in [2.24, 2.45) is 0 Å². The number of ether oxygens (including phenoxy) is 1. The van der Waals surface area contributed by atoms with E-state index in [9.17, 15) is 0 Å². The monoisotopic (exact) mass is 304 g/mol. The second-order valence-corrected chi connectivity index (χ2v) is 5.59. The van der Waals surface area contributed by atoms with Gasteiger partial charge in [-0.25, -0.2) is 0 Å². The first-order chi connectivity index (χ1) is 10.1. The maximum atomic E-state index is 6.19. The van der Waals surface area contributed by atoms with E-state index in [-0.39, 0.29) is 5.54 Å². The van der Waals surface area contributed by atoms with E-state index in [1.165, 1.54) is 5.56 Å². The van der Waals surface area contributed by atoms with E-state index in [1.807, 2.05) is 37.3 Å². The summed E-state index contributed by atoms with van der Waals surface area (Å²) in [4.78, 5) is 4.53. The number of methoxy groups -OCH3 is 1. The minimum atomic E-state index is -0.290. The first kappa shape index (κ1) is 15.8. The van der Waals surface area contributed by atoms with E-state index < -0.39 is 0 Å². The van der Waals surface area contributed by atoms with Crippen molar-refractivity contribution in [1.29, 1.82) is 0 Å². The summed E-state index contributed by atoms with van der Waals surface area (Å²) in [6.07, 6.45) is 0. The molecular formula is C17H21ClN2O. The molecule has 4 heteroatoms. The molecule has 2 aromatic rings. The number of hydrogen-bond donors (Lipinski definition) is 1. The lowest BCUT2D eigenvalue weighted by Crippen LogP contribution is -2.41. The van der Waals surface area contributed by atoms with Gasteiger partial charge in [0.15, 0.2) is 0 Å². The van der Waals surface area contributed by atoms with Crippen LogP contribution in [-0.4, -0.2) is 18.0 Å². The van der Waals surface area contributed by atoms with Crippen LogP contribution >= 0.6 is 11.6 Å². The molecule has 112 valence electrons. The molecule has 0 amide bonds. The molecule has 0 aliphatic heterocycles. The normalized spacial score (nSPS) is 13.7. The summed E-state index contributed by atoms with van der Waals surface area (Å²) in [7, 11) is 1.67. The standard InChI is InChI=1S/C17H21ClN2O/c1-13-9-16(21-3)10-15(20-13)11-19-17(2,12-18)14-7-5-4-6-8-14/h4-10,19H,11-12H2,1-3H3. The van der Waals surface area contributed by atoms with Crippen LogP contribution in [0.2, 0.25) is 0 Å². The summed E-state index contributed by atoms with van der Waals surface area (Å²) in [6.45, 7) is 4.70. The minimum Gasteiger partial charge on any atom is -0.497 e. The molecular weight excluding hydrogens is 284 g/mol. The van der Waals surface area contributed by atoms with Crippen LogP contribution in [-0.2, 0) is 12.1 Å². The zero-order valence-corrected chi connectivity index (χ0v) is 13.4. The van der Waals surface area contributed by atoms with E-state index in [0.717, 1.165) is 17.1 Å². The van der Waals surface area contributed by atoms with Gasteiger partial charge in [-0.15, -0.1) is 11.6 Å². The highest BCUT2D eigenvalue weighted by atomic mass is 35.5. The van der Waals surface area contributed by atoms with Crippen molar-refractivity contribution in [3.05, 3.63) is 59.4 Å². The van der Waals surface area contributed by atoms with Gasteiger partial charge in [-0.3, -0.25) is 4.98 Å². The molecule has 0 radical (unpaired) electrons. The van der Waals surface area contributed by atoms with Gasteiger partial charge in [0, 0.05) is 30.3 Å². The van der Waals surface area contributed by atoms with Crippen molar-refractivity contribution < 1.29 is 4.74 Å². The van der Waals surface area contributed by atoms with Crippen LogP contribution in [0.25, 0.3) is 0 Å². The Kier molecular flexibility index (Phi) is 5.21. The quantitative estimate of drug-likeness (QED) is 0.827. The topological polar surface area (TPSA) is 34.1 Å². The summed E-state index contributed by atoms with van der Waals surface area (Å²) in [5.74, 6) is 1.31. The number of nitrogens with zero attached hydrogens (tertiary/aromatic N) is 1. The average Bonchev–Trinajstić information content (AvgIpc) is 2.53. The summed E-state index contributed by atoms with van der Waals surface area (Å²) in [5.41, 5.74) is 2.76. The van der Waals surface area contributed by atoms with Gasteiger partial charge < -0.3 is 10.1 Å². The Bertz CT molecular complexity index is 589. The van der Waals surface area contributed by atoms with E-state index >= 15 is 0 Å². The maximum Gasteiger partial charge on any atom is 0.122 e. The number of benzene rings is 1. The Morgan fingerprint density at radius 1 is 1.24 bits per heavy atom. The number of aromatic nitrogens is 1. The van der Waals surface area contributed by atoms with Gasteiger partial charge in [-0.05, 0) is 19.4 Å². The Morgan fingerprint density at radius 3 is 2.57 bits per heavy atom. The second kappa shape index (κ2) is 6.92. The van der Waals surface area contributed by atoms with Crippen molar-refractivity contribution in [2.75, 3.05) is 13.0 Å². The Labute approximate surface area is 131 Å². The van der Waals surface area contributed by atoms with Crippen LogP contribution in [0.5, 0.6) is 5.75 Å². The number of alkyl halides is 1. The smallest absolute Gasteiger partial charge is 0.122 e. The first-order valence-electron chi connectivity index (χ1n) is 6.95. The molecule has 3 nitrogen and oxygen atoms in total. The average molecular weight is 305 g/mol. The molecule has 1 aromatic carbocycles. The number of halogens is 1. The molecule has 1 atom stereocenters. The third kappa shape index (κ3) is 3.96. The highest BCUT2D eigenvalue weighted by Gasteiger charge is 2.24. The number of nitrogens with one attached hydrogen (secondary N) is 1. The minimum absolute atomic E-state index is 0.290. The molecule has 2 rings (SSSR count). The van der Waals surface area contributed by atoms with Gasteiger partial charge in [0.25, 0.3) is 0 Å². The van der Waals surface area contributed by atoms with Crippen molar-refractivity contribution >= 4 is 11.6 Å². The van der Waals surface area contributed by atoms with Crippen LogP contribution < -0.4 is 10.1 Å². The van der Waals surface area contributed by atoms with Gasteiger partial charge in [-0.1, -0.05) is 30.3 Å². The van der Waals surface area contributed by atoms with Crippen molar-refractivity contribution in [2.45, 2.75) is 25.9 Å². The maximum absolute atomic E-state index is 6.19. The molecule has 0 aliphatic rings. The predicted molar refractivity (Wildman–Crippen MR) is 86.9 cm³/mol. The van der Waals surface area contributed by atoms with Gasteiger partial charge in [-0.2, -0.15) is 0 Å². The zero-order valence-electron chi connectivity index (χ0n) is 12.7. The third-order valence-corrected chi connectivity index (χ3v) is 4.09. The fourth-order valence-electron chi connectivity index (χ4n) is 2.23. The van der Waals surface area contributed by atoms with Crippen LogP contribution in [0.15, 0.2) is 42.5 Å².